The molecule has 1 nitrogen and oxygen atoms in total. The molecule has 0 amide bonds. The Bertz CT molecular complexity index is 602. The molecule has 0 fully saturated rings. The van der Waals surface area contributed by atoms with Crippen molar-refractivity contribution in [3.05, 3.63) is 68.1 Å². The van der Waals surface area contributed by atoms with E-state index in [1.165, 1.54) is 18.2 Å². The summed E-state index contributed by atoms with van der Waals surface area (Å²) in [6.45, 7) is 0. The summed E-state index contributed by atoms with van der Waals surface area (Å²) in [6, 6.07) is 8.53. The van der Waals surface area contributed by atoms with Gasteiger partial charge >= 0.3 is 0 Å². The van der Waals surface area contributed by atoms with Crippen LogP contribution in [0.25, 0.3) is 0 Å². The molecule has 0 radical (unpaired) electrons. The molecule has 0 saturated carbocycles. The zero-order valence-electron chi connectivity index (χ0n) is 9.84. The Morgan fingerprint density at radius 2 is 1.79 bits per heavy atom. The Morgan fingerprint density at radius 3 is 2.53 bits per heavy atom. The maximum absolute atomic E-state index is 13.7. The number of halogens is 4. The third-order valence-electron chi connectivity index (χ3n) is 2.81. The second kappa shape index (κ2) is 6.11. The van der Waals surface area contributed by atoms with Gasteiger partial charge in [0.15, 0.2) is 0 Å². The Balaban J connectivity index is 2.27. The van der Waals surface area contributed by atoms with E-state index >= 15 is 0 Å². The monoisotopic (exact) mass is 389 g/mol. The third kappa shape index (κ3) is 3.61. The van der Waals surface area contributed by atoms with Crippen LogP contribution in [0.3, 0.4) is 0 Å². The second-order valence-electron chi connectivity index (χ2n) is 4.21. The minimum Gasteiger partial charge on any atom is -0.324 e. The topological polar surface area (TPSA) is 26.0 Å². The van der Waals surface area contributed by atoms with Gasteiger partial charge in [-0.3, -0.25) is 0 Å². The van der Waals surface area contributed by atoms with Gasteiger partial charge in [0, 0.05) is 15.0 Å². The van der Waals surface area contributed by atoms with Crippen LogP contribution in [0.1, 0.15) is 17.2 Å². The van der Waals surface area contributed by atoms with E-state index in [0.717, 1.165) is 8.95 Å². The Hall–Kier alpha value is -0.780. The van der Waals surface area contributed by atoms with Crippen molar-refractivity contribution in [2.24, 2.45) is 5.73 Å². The Kier molecular flexibility index (Phi) is 4.71. The molecule has 2 N–H and O–H groups in total. The fraction of sp³-hybridized carbons (Fsp3) is 0.143. The van der Waals surface area contributed by atoms with Crippen LogP contribution in [0, 0.1) is 11.6 Å². The Labute approximate surface area is 127 Å². The van der Waals surface area contributed by atoms with Crippen LogP contribution >= 0.6 is 31.9 Å². The number of nitrogens with two attached hydrogens (primary N) is 1. The van der Waals surface area contributed by atoms with Gasteiger partial charge in [0.25, 0.3) is 0 Å². The molecule has 2 aromatic carbocycles. The zero-order chi connectivity index (χ0) is 14.0. The first-order valence-corrected chi connectivity index (χ1v) is 7.20. The molecule has 0 heterocycles. The minimum atomic E-state index is -0.478. The fourth-order valence-electron chi connectivity index (χ4n) is 1.85. The van der Waals surface area contributed by atoms with Crippen molar-refractivity contribution in [2.75, 3.05) is 0 Å². The molecule has 0 bridgehead atoms. The van der Waals surface area contributed by atoms with Gasteiger partial charge < -0.3 is 5.73 Å². The van der Waals surface area contributed by atoms with E-state index in [0.29, 0.717) is 17.5 Å². The first-order valence-electron chi connectivity index (χ1n) is 5.62. The van der Waals surface area contributed by atoms with Crippen LogP contribution in [0.15, 0.2) is 45.3 Å². The SMILES string of the molecule is NC(Cc1cc(Br)ccc1F)c1cc(F)ccc1Br. The van der Waals surface area contributed by atoms with Gasteiger partial charge in [-0.1, -0.05) is 31.9 Å². The first kappa shape index (κ1) is 14.6. The summed E-state index contributed by atoms with van der Waals surface area (Å²) < 4.78 is 28.4. The minimum absolute atomic E-state index is 0.299. The van der Waals surface area contributed by atoms with E-state index in [1.54, 1.807) is 18.2 Å². The maximum Gasteiger partial charge on any atom is 0.126 e. The predicted octanol–water partition coefficient (Wildman–Crippen LogP) is 4.73. The van der Waals surface area contributed by atoms with Crippen molar-refractivity contribution in [2.45, 2.75) is 12.5 Å². The Morgan fingerprint density at radius 1 is 1.05 bits per heavy atom. The fourth-order valence-corrected chi connectivity index (χ4v) is 2.79. The molecular weight excluding hydrogens is 380 g/mol. The molecular formula is C14H11Br2F2N. The van der Waals surface area contributed by atoms with Crippen molar-refractivity contribution in [3.63, 3.8) is 0 Å². The van der Waals surface area contributed by atoms with E-state index in [-0.39, 0.29) is 11.6 Å². The summed E-state index contributed by atoms with van der Waals surface area (Å²) in [7, 11) is 0. The molecule has 0 aliphatic carbocycles. The average molecular weight is 391 g/mol. The summed E-state index contributed by atoms with van der Waals surface area (Å²) in [6.07, 6.45) is 0.299. The molecule has 1 atom stereocenters. The van der Waals surface area contributed by atoms with Crippen LogP contribution in [0.5, 0.6) is 0 Å². The van der Waals surface area contributed by atoms with Gasteiger partial charge in [0.05, 0.1) is 0 Å². The molecule has 0 spiro atoms. The molecule has 2 aromatic rings. The van der Waals surface area contributed by atoms with Gasteiger partial charge in [-0.15, -0.1) is 0 Å². The third-order valence-corrected chi connectivity index (χ3v) is 4.02. The number of hydrogen-bond acceptors (Lipinski definition) is 1. The van der Waals surface area contributed by atoms with Crippen LogP contribution in [0.4, 0.5) is 8.78 Å². The molecule has 0 aliphatic heterocycles. The van der Waals surface area contributed by atoms with Gasteiger partial charge in [-0.2, -0.15) is 0 Å². The lowest BCUT2D eigenvalue weighted by atomic mass is 9.99. The van der Waals surface area contributed by atoms with Crippen LogP contribution in [-0.2, 0) is 6.42 Å². The van der Waals surface area contributed by atoms with Gasteiger partial charge in [-0.05, 0) is 53.9 Å². The van der Waals surface area contributed by atoms with Crippen molar-refractivity contribution in [3.8, 4) is 0 Å². The summed E-state index contributed by atoms with van der Waals surface area (Å²) >= 11 is 6.62. The number of rotatable bonds is 3. The highest BCUT2D eigenvalue weighted by atomic mass is 79.9. The van der Waals surface area contributed by atoms with Gasteiger partial charge in [0.2, 0.25) is 0 Å². The lowest BCUT2D eigenvalue weighted by Gasteiger charge is -2.15. The molecule has 5 heteroatoms. The molecule has 2 rings (SSSR count). The lowest BCUT2D eigenvalue weighted by molar-refractivity contribution is 0.588. The van der Waals surface area contributed by atoms with Gasteiger partial charge in [-0.25, -0.2) is 8.78 Å². The van der Waals surface area contributed by atoms with Crippen LogP contribution < -0.4 is 5.73 Å². The van der Waals surface area contributed by atoms with Crippen LogP contribution in [0.2, 0.25) is 0 Å². The highest BCUT2D eigenvalue weighted by Gasteiger charge is 2.14. The van der Waals surface area contributed by atoms with Crippen molar-refractivity contribution in [1.82, 2.24) is 0 Å². The smallest absolute Gasteiger partial charge is 0.126 e. The summed E-state index contributed by atoms with van der Waals surface area (Å²) in [5.74, 6) is -0.672. The standard InChI is InChI=1S/C14H11Br2F2N/c15-9-1-4-13(18)8(5-9)6-14(19)11-7-10(17)2-3-12(11)16/h1-5,7,14H,6,19H2. The highest BCUT2D eigenvalue weighted by Crippen LogP contribution is 2.27. The van der Waals surface area contributed by atoms with Crippen molar-refractivity contribution in [1.29, 1.82) is 0 Å². The quantitative estimate of drug-likeness (QED) is 0.805. The van der Waals surface area contributed by atoms with E-state index in [2.05, 4.69) is 31.9 Å². The van der Waals surface area contributed by atoms with E-state index in [4.69, 9.17) is 5.73 Å². The average Bonchev–Trinajstić information content (AvgIpc) is 2.36. The number of benzene rings is 2. The van der Waals surface area contributed by atoms with Crippen LogP contribution in [-0.4, -0.2) is 0 Å². The van der Waals surface area contributed by atoms with E-state index in [1.807, 2.05) is 0 Å². The highest BCUT2D eigenvalue weighted by molar-refractivity contribution is 9.10. The summed E-state index contributed by atoms with van der Waals surface area (Å²) in [5.41, 5.74) is 7.16. The largest absolute Gasteiger partial charge is 0.324 e. The predicted molar refractivity (Wildman–Crippen MR) is 78.8 cm³/mol. The molecule has 0 aliphatic rings. The second-order valence-corrected chi connectivity index (χ2v) is 5.98. The molecule has 0 saturated heterocycles. The lowest BCUT2D eigenvalue weighted by Crippen LogP contribution is -2.15. The zero-order valence-corrected chi connectivity index (χ0v) is 13.0. The molecule has 1 unspecified atom stereocenters. The van der Waals surface area contributed by atoms with E-state index < -0.39 is 6.04 Å². The normalized spacial score (nSPS) is 12.5. The van der Waals surface area contributed by atoms with Gasteiger partial charge in [0.1, 0.15) is 11.6 Å². The van der Waals surface area contributed by atoms with Crippen molar-refractivity contribution >= 4 is 31.9 Å². The molecule has 100 valence electrons. The van der Waals surface area contributed by atoms with E-state index in [9.17, 15) is 8.78 Å². The summed E-state index contributed by atoms with van der Waals surface area (Å²) in [5, 5.41) is 0. The summed E-state index contributed by atoms with van der Waals surface area (Å²) in [4.78, 5) is 0. The molecule has 19 heavy (non-hydrogen) atoms. The maximum atomic E-state index is 13.7. The molecule has 0 aromatic heterocycles. The number of hydrogen-bond donors (Lipinski definition) is 1. The van der Waals surface area contributed by atoms with Crippen molar-refractivity contribution < 1.29 is 8.78 Å². The first-order chi connectivity index (χ1) is 8.97.